The second-order valence-corrected chi connectivity index (χ2v) is 9.17. The first-order valence-corrected chi connectivity index (χ1v) is 12.2. The van der Waals surface area contributed by atoms with Gasteiger partial charge in [-0.15, -0.1) is 0 Å². The Morgan fingerprint density at radius 2 is 1.78 bits per heavy atom. The Kier molecular flexibility index (Phi) is 8.43. The predicted molar refractivity (Wildman–Crippen MR) is 140 cm³/mol. The molecule has 2 unspecified atom stereocenters. The van der Waals surface area contributed by atoms with Gasteiger partial charge < -0.3 is 20.1 Å². The lowest BCUT2D eigenvalue weighted by Gasteiger charge is -2.24. The molecule has 0 spiro atoms. The van der Waals surface area contributed by atoms with Gasteiger partial charge in [-0.1, -0.05) is 59.6 Å². The van der Waals surface area contributed by atoms with Crippen molar-refractivity contribution in [1.29, 1.82) is 0 Å². The molecule has 0 saturated carbocycles. The number of ether oxygens (including phenoxy) is 2. The molecule has 192 valence electrons. The highest BCUT2D eigenvalue weighted by Gasteiger charge is 2.46. The summed E-state index contributed by atoms with van der Waals surface area (Å²) in [7, 11) is 1.55. The molecule has 4 rings (SSSR count). The van der Waals surface area contributed by atoms with Crippen LogP contribution in [0.3, 0.4) is 0 Å². The lowest BCUT2D eigenvalue weighted by molar-refractivity contribution is -0.126. The number of rotatable bonds is 9. The predicted octanol–water partition coefficient (Wildman–Crippen LogP) is 4.73. The van der Waals surface area contributed by atoms with Crippen LogP contribution in [0.2, 0.25) is 5.02 Å². The zero-order valence-electron chi connectivity index (χ0n) is 20.6. The number of carbonyl (C=O) groups is 3. The fourth-order valence-electron chi connectivity index (χ4n) is 4.07. The molecule has 9 heteroatoms. The molecule has 1 heterocycles. The highest BCUT2D eigenvalue weighted by molar-refractivity contribution is 6.31. The van der Waals surface area contributed by atoms with Crippen molar-refractivity contribution in [2.24, 2.45) is 0 Å². The minimum atomic E-state index is -0.877. The van der Waals surface area contributed by atoms with Gasteiger partial charge in [0, 0.05) is 29.9 Å². The topological polar surface area (TPSA) is 97.0 Å². The van der Waals surface area contributed by atoms with Crippen molar-refractivity contribution in [3.63, 3.8) is 0 Å². The molecule has 2 N–H and O–H groups in total. The SMILES string of the molecule is COCCNC(=O)C1C(c2ccc(NC(=O)c3cccc(Cl)c3)cc2)OC(=O)N1Cc1ccc(C)cc1. The Hall–Kier alpha value is -3.88. The molecule has 0 bridgehead atoms. The monoisotopic (exact) mass is 521 g/mol. The lowest BCUT2D eigenvalue weighted by atomic mass is 10.00. The molecule has 0 radical (unpaired) electrons. The molecule has 1 saturated heterocycles. The molecule has 3 aromatic carbocycles. The number of anilines is 1. The second kappa shape index (κ2) is 11.9. The number of hydrogen-bond acceptors (Lipinski definition) is 5. The van der Waals surface area contributed by atoms with Crippen molar-refractivity contribution in [1.82, 2.24) is 10.2 Å². The third kappa shape index (κ3) is 6.47. The van der Waals surface area contributed by atoms with Gasteiger partial charge in [-0.2, -0.15) is 0 Å². The summed E-state index contributed by atoms with van der Waals surface area (Å²) in [6.07, 6.45) is -1.39. The third-order valence-electron chi connectivity index (χ3n) is 6.02. The van der Waals surface area contributed by atoms with Crippen LogP contribution >= 0.6 is 11.6 Å². The smallest absolute Gasteiger partial charge is 0.411 e. The Morgan fingerprint density at radius 3 is 2.46 bits per heavy atom. The minimum Gasteiger partial charge on any atom is -0.438 e. The molecule has 1 fully saturated rings. The van der Waals surface area contributed by atoms with E-state index in [4.69, 9.17) is 21.1 Å². The number of nitrogens with zero attached hydrogens (tertiary/aromatic N) is 1. The summed E-state index contributed by atoms with van der Waals surface area (Å²) in [5, 5.41) is 6.11. The van der Waals surface area contributed by atoms with Gasteiger partial charge in [0.1, 0.15) is 0 Å². The zero-order chi connectivity index (χ0) is 26.4. The second-order valence-electron chi connectivity index (χ2n) is 8.73. The fourth-order valence-corrected chi connectivity index (χ4v) is 4.26. The van der Waals surface area contributed by atoms with E-state index < -0.39 is 18.2 Å². The fraction of sp³-hybridized carbons (Fsp3) is 0.250. The average molecular weight is 522 g/mol. The normalized spacial score (nSPS) is 16.8. The van der Waals surface area contributed by atoms with Crippen molar-refractivity contribution in [3.05, 3.63) is 100 Å². The molecular formula is C28H28ClN3O5. The van der Waals surface area contributed by atoms with Gasteiger partial charge in [0.25, 0.3) is 5.91 Å². The van der Waals surface area contributed by atoms with E-state index in [-0.39, 0.29) is 18.4 Å². The molecule has 8 nitrogen and oxygen atoms in total. The summed E-state index contributed by atoms with van der Waals surface area (Å²) in [5.74, 6) is -0.638. The van der Waals surface area contributed by atoms with E-state index in [1.54, 1.807) is 55.6 Å². The number of aryl methyl sites for hydroxylation is 1. The quantitative estimate of drug-likeness (QED) is 0.397. The summed E-state index contributed by atoms with van der Waals surface area (Å²) in [6.45, 7) is 2.86. The first kappa shape index (κ1) is 26.2. The van der Waals surface area contributed by atoms with Crippen molar-refractivity contribution < 1.29 is 23.9 Å². The Balaban J connectivity index is 1.53. The number of halogens is 1. The molecule has 0 aromatic heterocycles. The van der Waals surface area contributed by atoms with Crippen LogP contribution in [0.25, 0.3) is 0 Å². The molecule has 3 aromatic rings. The minimum absolute atomic E-state index is 0.228. The standard InChI is InChI=1S/C28H28ClN3O5/c1-18-6-8-19(9-7-18)17-32-24(27(34)30-14-15-36-2)25(37-28(32)35)20-10-12-23(13-11-20)31-26(33)21-4-3-5-22(29)16-21/h3-13,16,24-25H,14-15,17H2,1-2H3,(H,30,34)(H,31,33). The summed E-state index contributed by atoms with van der Waals surface area (Å²) in [6, 6.07) is 20.4. The number of amides is 3. The van der Waals surface area contributed by atoms with E-state index in [9.17, 15) is 14.4 Å². The van der Waals surface area contributed by atoms with Crippen molar-refractivity contribution in [2.75, 3.05) is 25.6 Å². The van der Waals surface area contributed by atoms with Crippen LogP contribution in [0.4, 0.5) is 10.5 Å². The van der Waals surface area contributed by atoms with E-state index in [0.717, 1.165) is 11.1 Å². The molecule has 1 aliphatic rings. The van der Waals surface area contributed by atoms with Crippen molar-refractivity contribution in [3.8, 4) is 0 Å². The van der Waals surface area contributed by atoms with Gasteiger partial charge >= 0.3 is 6.09 Å². The molecule has 3 amide bonds. The molecule has 1 aliphatic heterocycles. The molecule has 37 heavy (non-hydrogen) atoms. The van der Waals surface area contributed by atoms with E-state index in [1.807, 2.05) is 31.2 Å². The van der Waals surface area contributed by atoms with Gasteiger partial charge in [-0.25, -0.2) is 4.79 Å². The van der Waals surface area contributed by atoms with Gasteiger partial charge in [-0.3, -0.25) is 14.5 Å². The number of benzene rings is 3. The third-order valence-corrected chi connectivity index (χ3v) is 6.25. The Morgan fingerprint density at radius 1 is 1.05 bits per heavy atom. The summed E-state index contributed by atoms with van der Waals surface area (Å²) in [5.41, 5.74) is 3.60. The number of carbonyl (C=O) groups excluding carboxylic acids is 3. The van der Waals surface area contributed by atoms with Gasteiger partial charge in [-0.05, 0) is 48.4 Å². The maximum absolute atomic E-state index is 13.2. The molecule has 0 aliphatic carbocycles. The number of nitrogens with one attached hydrogen (secondary N) is 2. The van der Waals surface area contributed by atoms with Crippen molar-refractivity contribution >= 4 is 35.2 Å². The molecular weight excluding hydrogens is 494 g/mol. The molecule has 2 atom stereocenters. The number of methoxy groups -OCH3 is 1. The maximum atomic E-state index is 13.2. The summed E-state index contributed by atoms with van der Waals surface area (Å²) in [4.78, 5) is 40.1. The lowest BCUT2D eigenvalue weighted by Crippen LogP contribution is -2.47. The number of hydrogen-bond donors (Lipinski definition) is 2. The highest BCUT2D eigenvalue weighted by Crippen LogP contribution is 2.34. The van der Waals surface area contributed by atoms with E-state index in [2.05, 4.69) is 10.6 Å². The first-order valence-electron chi connectivity index (χ1n) is 11.8. The van der Waals surface area contributed by atoms with E-state index in [0.29, 0.717) is 35.0 Å². The van der Waals surface area contributed by atoms with Crippen LogP contribution < -0.4 is 10.6 Å². The first-order chi connectivity index (χ1) is 17.9. The van der Waals surface area contributed by atoms with Gasteiger partial charge in [0.15, 0.2) is 12.1 Å². The number of cyclic esters (lactones) is 1. The van der Waals surface area contributed by atoms with Crippen LogP contribution in [-0.2, 0) is 20.8 Å². The van der Waals surface area contributed by atoms with Crippen molar-refractivity contribution in [2.45, 2.75) is 25.6 Å². The van der Waals surface area contributed by atoms with Crippen LogP contribution in [0.1, 0.15) is 33.2 Å². The van der Waals surface area contributed by atoms with Gasteiger partial charge in [0.05, 0.1) is 13.2 Å². The van der Waals surface area contributed by atoms with Crippen LogP contribution in [0.15, 0.2) is 72.8 Å². The van der Waals surface area contributed by atoms with Crippen LogP contribution in [-0.4, -0.2) is 49.1 Å². The Labute approximate surface area is 220 Å². The van der Waals surface area contributed by atoms with Crippen LogP contribution in [0.5, 0.6) is 0 Å². The summed E-state index contributed by atoms with van der Waals surface area (Å²) < 4.78 is 10.7. The van der Waals surface area contributed by atoms with Gasteiger partial charge in [0.2, 0.25) is 5.91 Å². The zero-order valence-corrected chi connectivity index (χ0v) is 21.3. The Bertz CT molecular complexity index is 1260. The van der Waals surface area contributed by atoms with E-state index >= 15 is 0 Å². The largest absolute Gasteiger partial charge is 0.438 e. The van der Waals surface area contributed by atoms with Crippen LogP contribution in [0, 0.1) is 6.92 Å². The average Bonchev–Trinajstić information content (AvgIpc) is 3.21. The maximum Gasteiger partial charge on any atom is 0.411 e. The van der Waals surface area contributed by atoms with E-state index in [1.165, 1.54) is 4.90 Å². The summed E-state index contributed by atoms with van der Waals surface area (Å²) >= 11 is 5.98. The highest BCUT2D eigenvalue weighted by atomic mass is 35.5.